The van der Waals surface area contributed by atoms with E-state index in [-0.39, 0.29) is 31.1 Å². The minimum absolute atomic E-state index is 0.0981. The average Bonchev–Trinajstić information content (AvgIpc) is 3.58. The number of hydrogen-bond donors (Lipinski definition) is 4. The number of aromatic nitrogens is 3. The van der Waals surface area contributed by atoms with Gasteiger partial charge in [0.25, 0.3) is 0 Å². The van der Waals surface area contributed by atoms with Crippen LogP contribution in [0, 0.1) is 0 Å². The molecule has 5 N–H and O–H groups in total. The van der Waals surface area contributed by atoms with Crippen molar-refractivity contribution >= 4 is 31.8 Å². The number of aliphatic imine (C=N–C) groups is 1. The summed E-state index contributed by atoms with van der Waals surface area (Å²) in [4.78, 5) is 20.9. The van der Waals surface area contributed by atoms with Gasteiger partial charge in [0.15, 0.2) is 11.4 Å². The van der Waals surface area contributed by atoms with Gasteiger partial charge >= 0.3 is 13.7 Å². The highest BCUT2D eigenvalue weighted by molar-refractivity contribution is 7.52. The number of anilines is 1. The minimum Gasteiger partial charge on any atom is -0.465 e. The van der Waals surface area contributed by atoms with Crippen LogP contribution >= 0.6 is 7.75 Å². The van der Waals surface area contributed by atoms with Gasteiger partial charge in [-0.1, -0.05) is 48.5 Å². The molecule has 2 aromatic heterocycles. The summed E-state index contributed by atoms with van der Waals surface area (Å²) >= 11 is 0. The number of carbonyl (C=O) groups excluding carboxylic acids is 1. The first kappa shape index (κ1) is 32.2. The largest absolute Gasteiger partial charge is 0.465 e. The van der Waals surface area contributed by atoms with Crippen LogP contribution in [0.25, 0.3) is 5.52 Å². The van der Waals surface area contributed by atoms with Crippen LogP contribution in [0.1, 0.15) is 18.2 Å². The van der Waals surface area contributed by atoms with Crippen LogP contribution in [0.15, 0.2) is 84.1 Å². The third-order valence-corrected chi connectivity index (χ3v) is 8.92. The Bertz CT molecular complexity index is 1660. The van der Waals surface area contributed by atoms with E-state index in [2.05, 4.69) is 26.9 Å². The minimum atomic E-state index is -4.38. The number of para-hydroxylation sites is 1. The lowest BCUT2D eigenvalue weighted by molar-refractivity contribution is -0.145. The number of nitrogens with zero attached hydrogens (tertiary/aromatic N) is 4. The zero-order valence-electron chi connectivity index (χ0n) is 24.5. The summed E-state index contributed by atoms with van der Waals surface area (Å²) in [7, 11) is -4.38. The predicted molar refractivity (Wildman–Crippen MR) is 165 cm³/mol. The number of rotatable bonds is 14. The molecule has 0 saturated carbocycles. The van der Waals surface area contributed by atoms with Gasteiger partial charge in [-0.05, 0) is 49.9 Å². The van der Waals surface area contributed by atoms with Gasteiger partial charge in [-0.3, -0.25) is 14.3 Å². The number of nitrogen functional groups attached to an aromatic ring is 1. The van der Waals surface area contributed by atoms with Gasteiger partial charge in [-0.15, -0.1) is 0 Å². The summed E-state index contributed by atoms with van der Waals surface area (Å²) in [5.74, 6) is -0.264. The summed E-state index contributed by atoms with van der Waals surface area (Å²) < 4.78 is 38.9. The van der Waals surface area contributed by atoms with Crippen LogP contribution in [-0.4, -0.2) is 81.6 Å². The summed E-state index contributed by atoms with van der Waals surface area (Å²) in [5, 5.41) is 29.5. The lowest BCUT2D eigenvalue weighted by atomic mass is 9.91. The van der Waals surface area contributed by atoms with Gasteiger partial charge in [0, 0.05) is 0 Å². The second kappa shape index (κ2) is 13.9. The predicted octanol–water partition coefficient (Wildman–Crippen LogP) is 2.30. The Morgan fingerprint density at radius 3 is 2.58 bits per heavy atom. The lowest BCUT2D eigenvalue weighted by Crippen LogP contribution is -2.44. The number of fused-ring (bicyclic) bond motifs is 1. The molecule has 0 spiro atoms. The van der Waals surface area contributed by atoms with Crippen molar-refractivity contribution in [1.82, 2.24) is 19.7 Å². The number of aliphatic hydroxyl groups excluding tert-OH is 2. The maximum absolute atomic E-state index is 14.3. The Morgan fingerprint density at radius 1 is 1.18 bits per heavy atom. The summed E-state index contributed by atoms with van der Waals surface area (Å²) in [6.45, 7) is 4.63. The van der Waals surface area contributed by atoms with Crippen LogP contribution in [0.2, 0.25) is 0 Å². The van der Waals surface area contributed by atoms with Crippen molar-refractivity contribution in [2.24, 2.45) is 4.99 Å². The smallest absolute Gasteiger partial charge is 0.459 e. The van der Waals surface area contributed by atoms with E-state index in [0.29, 0.717) is 11.2 Å². The van der Waals surface area contributed by atoms with Crippen molar-refractivity contribution in [2.75, 3.05) is 25.5 Å². The molecular weight excluding hydrogens is 603 g/mol. The molecule has 1 saturated heterocycles. The van der Waals surface area contributed by atoms with Crippen molar-refractivity contribution in [3.05, 3.63) is 90.4 Å². The molecule has 0 amide bonds. The van der Waals surface area contributed by atoms with Gasteiger partial charge in [-0.2, -0.15) is 10.2 Å². The Kier molecular flexibility index (Phi) is 9.93. The van der Waals surface area contributed by atoms with Crippen LogP contribution in [0.3, 0.4) is 0 Å². The number of esters is 1. The standard InChI is InChI=1S/C30H35N6O8P/c1-3-41-29(39)22(16-20-10-6-4-7-11-20)35-45(40,44-21-12-8-5-9-13-21)42-17-24-26(37)27(38)30(43-24,18-32-2)25-15-14-23-28(31)33-19-34-36(23)25/h4-15,19,22,24,26-27,37-38H,2-3,16-18H2,1H3,(H,35,40)(H2,31,33,34)/t22-,24+,26+,27+,30-,45?/m0/s1. The van der Waals surface area contributed by atoms with E-state index in [1.807, 2.05) is 30.3 Å². The van der Waals surface area contributed by atoms with E-state index < -0.39 is 50.3 Å². The highest BCUT2D eigenvalue weighted by Crippen LogP contribution is 2.47. The van der Waals surface area contributed by atoms with Crippen LogP contribution in [-0.2, 0) is 35.4 Å². The van der Waals surface area contributed by atoms with E-state index in [0.717, 1.165) is 5.56 Å². The molecular formula is C30H35N6O8P. The number of carbonyl (C=O) groups is 1. The highest BCUT2D eigenvalue weighted by atomic mass is 31.2. The summed E-state index contributed by atoms with van der Waals surface area (Å²) in [6, 6.07) is 19.5. The van der Waals surface area contributed by atoms with E-state index >= 15 is 0 Å². The van der Waals surface area contributed by atoms with E-state index in [1.165, 1.54) is 10.8 Å². The zero-order valence-corrected chi connectivity index (χ0v) is 25.4. The Morgan fingerprint density at radius 2 is 1.89 bits per heavy atom. The van der Waals surface area contributed by atoms with Gasteiger partial charge < -0.3 is 29.9 Å². The number of benzene rings is 2. The number of nitrogens with two attached hydrogens (primary N) is 1. The molecule has 45 heavy (non-hydrogen) atoms. The van der Waals surface area contributed by atoms with Gasteiger partial charge in [-0.25, -0.2) is 14.1 Å². The molecule has 1 aliphatic heterocycles. The van der Waals surface area contributed by atoms with Crippen molar-refractivity contribution in [3.8, 4) is 5.75 Å². The molecule has 1 aliphatic rings. The number of ether oxygens (including phenoxy) is 2. The fourth-order valence-electron chi connectivity index (χ4n) is 5.23. The van der Waals surface area contributed by atoms with Gasteiger partial charge in [0.1, 0.15) is 41.9 Å². The molecule has 2 aromatic carbocycles. The number of nitrogens with one attached hydrogen (secondary N) is 1. The molecule has 0 radical (unpaired) electrons. The average molecular weight is 639 g/mol. The quantitative estimate of drug-likeness (QED) is 0.0896. The second-order valence-corrected chi connectivity index (χ2v) is 12.0. The molecule has 0 aliphatic carbocycles. The van der Waals surface area contributed by atoms with Crippen molar-refractivity contribution < 1.29 is 38.1 Å². The Balaban J connectivity index is 1.43. The number of aliphatic hydroxyl groups is 2. The SMILES string of the molecule is C=NC[C@@]1(c2ccc3c(N)ncnn23)O[C@H](COP(=O)(N[C@@H](Cc2ccccc2)C(=O)OCC)Oc2ccccc2)[C@@H](O)[C@H]1O. The van der Waals surface area contributed by atoms with E-state index in [4.69, 9.17) is 24.3 Å². The van der Waals surface area contributed by atoms with Crippen molar-refractivity contribution in [2.45, 2.75) is 43.3 Å². The zero-order chi connectivity index (χ0) is 32.0. The monoisotopic (exact) mass is 638 g/mol. The summed E-state index contributed by atoms with van der Waals surface area (Å²) in [6.07, 6.45) is -2.91. The molecule has 15 heteroatoms. The third kappa shape index (κ3) is 6.91. The summed E-state index contributed by atoms with van der Waals surface area (Å²) in [5.41, 5.74) is 5.93. The molecule has 1 fully saturated rings. The van der Waals surface area contributed by atoms with Crippen LogP contribution in [0.4, 0.5) is 5.82 Å². The Labute approximate surface area is 259 Å². The molecule has 238 valence electrons. The first-order valence-electron chi connectivity index (χ1n) is 14.2. The molecule has 3 heterocycles. The van der Waals surface area contributed by atoms with Crippen LogP contribution in [0.5, 0.6) is 5.75 Å². The molecule has 4 aromatic rings. The molecule has 14 nitrogen and oxygen atoms in total. The molecule has 1 unspecified atom stereocenters. The third-order valence-electron chi connectivity index (χ3n) is 7.35. The number of hydrogen-bond acceptors (Lipinski definition) is 12. The maximum Gasteiger partial charge on any atom is 0.459 e. The van der Waals surface area contributed by atoms with E-state index in [9.17, 15) is 19.6 Å². The van der Waals surface area contributed by atoms with Gasteiger partial charge in [0.2, 0.25) is 0 Å². The first-order chi connectivity index (χ1) is 21.7. The van der Waals surface area contributed by atoms with E-state index in [1.54, 1.807) is 49.4 Å². The highest BCUT2D eigenvalue weighted by Gasteiger charge is 2.57. The topological polar surface area (TPSA) is 192 Å². The maximum atomic E-state index is 14.3. The lowest BCUT2D eigenvalue weighted by Gasteiger charge is -2.30. The fraction of sp³-hybridized carbons (Fsp3) is 0.333. The first-order valence-corrected chi connectivity index (χ1v) is 15.8. The molecule has 5 rings (SSSR count). The Hall–Kier alpha value is -4.17. The fourth-order valence-corrected chi connectivity index (χ4v) is 6.73. The van der Waals surface area contributed by atoms with Crippen LogP contribution < -0.4 is 15.3 Å². The molecule has 6 atom stereocenters. The second-order valence-electron chi connectivity index (χ2n) is 10.3. The van der Waals surface area contributed by atoms with Gasteiger partial charge in [0.05, 0.1) is 25.5 Å². The normalized spacial score (nSPS) is 23.3. The molecule has 0 bridgehead atoms. The van der Waals surface area contributed by atoms with Crippen molar-refractivity contribution in [1.29, 1.82) is 0 Å². The van der Waals surface area contributed by atoms with Crippen molar-refractivity contribution in [3.63, 3.8) is 0 Å².